The van der Waals surface area contributed by atoms with Gasteiger partial charge in [-0.1, -0.05) is 41.6 Å². The van der Waals surface area contributed by atoms with E-state index in [1.165, 1.54) is 11.1 Å². The monoisotopic (exact) mass is 412 g/mol. The minimum atomic E-state index is -3.46. The normalized spacial score (nSPS) is 18.0. The first-order valence-corrected chi connectivity index (χ1v) is 11.3. The zero-order chi connectivity index (χ0) is 18.7. The summed E-state index contributed by atoms with van der Waals surface area (Å²) in [6.45, 7) is 4.82. The summed E-state index contributed by atoms with van der Waals surface area (Å²) in [6, 6.07) is 11.1. The summed E-state index contributed by atoms with van der Waals surface area (Å²) < 4.78 is 27.0. The number of aromatic nitrogens is 1. The zero-order valence-electron chi connectivity index (χ0n) is 14.9. The summed E-state index contributed by atoms with van der Waals surface area (Å²) >= 11 is 7.81. The molecule has 26 heavy (non-hydrogen) atoms. The molecule has 2 aromatic rings. The van der Waals surface area contributed by atoms with Crippen LogP contribution in [0.15, 0.2) is 52.5 Å². The summed E-state index contributed by atoms with van der Waals surface area (Å²) in [5, 5.41) is 1.63. The Labute approximate surface area is 164 Å². The van der Waals surface area contributed by atoms with Gasteiger partial charge in [0.15, 0.2) is 0 Å². The number of benzene rings is 1. The minimum Gasteiger partial charge on any atom is -0.335 e. The van der Waals surface area contributed by atoms with Crippen molar-refractivity contribution in [3.05, 3.63) is 53.2 Å². The Kier molecular flexibility index (Phi) is 6.25. The number of sulfonamides is 1. The third-order valence-electron chi connectivity index (χ3n) is 4.56. The van der Waals surface area contributed by atoms with Crippen molar-refractivity contribution < 1.29 is 13.3 Å². The first-order chi connectivity index (χ1) is 12.4. The number of piperazine rings is 1. The fourth-order valence-corrected chi connectivity index (χ4v) is 5.60. The van der Waals surface area contributed by atoms with Gasteiger partial charge in [0.1, 0.15) is 4.90 Å². The quantitative estimate of drug-likeness (QED) is 0.764. The van der Waals surface area contributed by atoms with Crippen molar-refractivity contribution in [2.75, 3.05) is 33.2 Å². The highest BCUT2D eigenvalue weighted by molar-refractivity contribution is 7.99. The average Bonchev–Trinajstić information content (AvgIpc) is 2.63. The van der Waals surface area contributed by atoms with E-state index in [0.717, 1.165) is 28.7 Å². The number of rotatable bonds is 5. The van der Waals surface area contributed by atoms with Gasteiger partial charge in [0.2, 0.25) is 10.0 Å². The van der Waals surface area contributed by atoms with Gasteiger partial charge in [-0.25, -0.2) is 13.4 Å². The van der Waals surface area contributed by atoms with E-state index >= 15 is 0 Å². The van der Waals surface area contributed by atoms with E-state index in [1.807, 2.05) is 24.3 Å². The molecule has 2 heterocycles. The summed E-state index contributed by atoms with van der Waals surface area (Å²) in [5.74, 6) is 0. The molecule has 8 heteroatoms. The third-order valence-corrected chi connectivity index (χ3v) is 7.88. The lowest BCUT2D eigenvalue weighted by molar-refractivity contribution is -0.883. The molecule has 1 fully saturated rings. The average molecular weight is 413 g/mol. The number of nitrogens with one attached hydrogen (secondary N) is 1. The van der Waals surface area contributed by atoms with Crippen LogP contribution in [0.1, 0.15) is 17.7 Å². The van der Waals surface area contributed by atoms with Gasteiger partial charge in [0.05, 0.1) is 38.3 Å². The Morgan fingerprint density at radius 3 is 2.50 bits per heavy atom. The molecule has 0 aliphatic carbocycles. The summed E-state index contributed by atoms with van der Waals surface area (Å²) in [5.41, 5.74) is 1.04. The van der Waals surface area contributed by atoms with Crippen LogP contribution in [0.25, 0.3) is 0 Å². The standard InChI is InChI=1S/C18H22ClN3O2S2/c1-14(16-5-3-4-6-17(16)19)25-18-8-7-15(13-20-18)26(23,24)22-11-9-21(2)10-12-22/h3-8,13-14H,9-12H2,1-2H3/p+1/t14-/m0/s1. The Balaban J connectivity index is 1.71. The molecular weight excluding hydrogens is 390 g/mol. The highest BCUT2D eigenvalue weighted by Crippen LogP contribution is 2.37. The van der Waals surface area contributed by atoms with Crippen LogP contribution in [0.3, 0.4) is 0 Å². The van der Waals surface area contributed by atoms with Crippen LogP contribution < -0.4 is 4.90 Å². The molecule has 0 bridgehead atoms. The first-order valence-electron chi connectivity index (χ1n) is 8.56. The Morgan fingerprint density at radius 2 is 1.88 bits per heavy atom. The summed E-state index contributed by atoms with van der Waals surface area (Å²) in [7, 11) is -1.38. The predicted octanol–water partition coefficient (Wildman–Crippen LogP) is 2.11. The fraction of sp³-hybridized carbons (Fsp3) is 0.389. The van der Waals surface area contributed by atoms with Crippen molar-refractivity contribution >= 4 is 33.4 Å². The second-order valence-corrected chi connectivity index (χ2v) is 10.2. The molecule has 1 aromatic heterocycles. The molecule has 1 aromatic carbocycles. The SMILES string of the molecule is C[C@H](Sc1ccc(S(=O)(=O)N2CC[NH+](C)CC2)cn1)c1ccccc1Cl. The zero-order valence-corrected chi connectivity index (χ0v) is 17.2. The molecule has 1 saturated heterocycles. The molecule has 0 spiro atoms. The molecule has 0 saturated carbocycles. The van der Waals surface area contributed by atoms with Gasteiger partial charge >= 0.3 is 0 Å². The maximum Gasteiger partial charge on any atom is 0.245 e. The largest absolute Gasteiger partial charge is 0.335 e. The van der Waals surface area contributed by atoms with Gasteiger partial charge in [-0.2, -0.15) is 4.31 Å². The molecule has 3 rings (SSSR count). The lowest BCUT2D eigenvalue weighted by atomic mass is 10.2. The van der Waals surface area contributed by atoms with Crippen molar-refractivity contribution in [3.8, 4) is 0 Å². The Bertz CT molecular complexity index is 851. The molecule has 1 aliphatic heterocycles. The van der Waals surface area contributed by atoms with Gasteiger partial charge < -0.3 is 4.90 Å². The number of hydrogen-bond donors (Lipinski definition) is 1. The highest BCUT2D eigenvalue weighted by Gasteiger charge is 2.29. The van der Waals surface area contributed by atoms with Crippen molar-refractivity contribution in [1.29, 1.82) is 0 Å². The fourth-order valence-electron chi connectivity index (χ4n) is 2.90. The number of pyridine rings is 1. The predicted molar refractivity (Wildman–Crippen MR) is 105 cm³/mol. The van der Waals surface area contributed by atoms with Crippen LogP contribution in [0, 0.1) is 0 Å². The number of quaternary nitrogens is 1. The van der Waals surface area contributed by atoms with Crippen molar-refractivity contribution in [3.63, 3.8) is 0 Å². The van der Waals surface area contributed by atoms with Gasteiger partial charge in [0.25, 0.3) is 0 Å². The van der Waals surface area contributed by atoms with E-state index in [2.05, 4.69) is 19.0 Å². The van der Waals surface area contributed by atoms with Crippen molar-refractivity contribution in [1.82, 2.24) is 9.29 Å². The van der Waals surface area contributed by atoms with E-state index in [0.29, 0.717) is 13.1 Å². The molecule has 1 aliphatic rings. The van der Waals surface area contributed by atoms with Crippen LogP contribution in [0.4, 0.5) is 0 Å². The van der Waals surface area contributed by atoms with Crippen LogP contribution in [-0.4, -0.2) is 50.9 Å². The summed E-state index contributed by atoms with van der Waals surface area (Å²) in [6.07, 6.45) is 1.46. The van der Waals surface area contributed by atoms with E-state index in [-0.39, 0.29) is 10.1 Å². The van der Waals surface area contributed by atoms with Crippen molar-refractivity contribution in [2.45, 2.75) is 22.1 Å². The number of thioether (sulfide) groups is 1. The van der Waals surface area contributed by atoms with Crippen LogP contribution in [-0.2, 0) is 10.0 Å². The van der Waals surface area contributed by atoms with E-state index in [4.69, 9.17) is 11.6 Å². The molecule has 0 radical (unpaired) electrons. The van der Waals surface area contributed by atoms with Crippen molar-refractivity contribution in [2.24, 2.45) is 0 Å². The molecule has 1 N–H and O–H groups in total. The number of likely N-dealkylation sites (N-methyl/N-ethyl adjacent to an activating group) is 1. The van der Waals surface area contributed by atoms with Crippen LogP contribution >= 0.6 is 23.4 Å². The van der Waals surface area contributed by atoms with E-state index in [1.54, 1.807) is 28.2 Å². The maximum absolute atomic E-state index is 12.7. The third kappa shape index (κ3) is 4.40. The number of hydrogen-bond acceptors (Lipinski definition) is 4. The molecule has 1 atom stereocenters. The van der Waals surface area contributed by atoms with Gasteiger partial charge in [0, 0.05) is 16.5 Å². The van der Waals surface area contributed by atoms with Gasteiger partial charge in [-0.15, -0.1) is 0 Å². The van der Waals surface area contributed by atoms with Gasteiger partial charge in [-0.05, 0) is 30.7 Å². The summed E-state index contributed by atoms with van der Waals surface area (Å²) in [4.78, 5) is 5.97. The number of nitrogens with zero attached hydrogens (tertiary/aromatic N) is 2. The lowest BCUT2D eigenvalue weighted by Crippen LogP contribution is -3.12. The van der Waals surface area contributed by atoms with Crippen LogP contribution in [0.2, 0.25) is 5.02 Å². The first kappa shape index (κ1) is 19.6. The smallest absolute Gasteiger partial charge is 0.245 e. The Morgan fingerprint density at radius 1 is 1.19 bits per heavy atom. The molecule has 5 nitrogen and oxygen atoms in total. The van der Waals surface area contributed by atoms with E-state index in [9.17, 15) is 8.42 Å². The Hall–Kier alpha value is -1.12. The molecular formula is C18H23ClN3O2S2+. The topological polar surface area (TPSA) is 54.7 Å². The minimum absolute atomic E-state index is 0.124. The maximum atomic E-state index is 12.7. The van der Waals surface area contributed by atoms with Gasteiger partial charge in [-0.3, -0.25) is 0 Å². The van der Waals surface area contributed by atoms with E-state index < -0.39 is 10.0 Å². The second kappa shape index (κ2) is 8.27. The van der Waals surface area contributed by atoms with Crippen LogP contribution in [0.5, 0.6) is 0 Å². The highest BCUT2D eigenvalue weighted by atomic mass is 35.5. The lowest BCUT2D eigenvalue weighted by Gasteiger charge is -2.29. The molecule has 0 unspecified atom stereocenters. The molecule has 140 valence electrons. The molecule has 0 amide bonds. The number of halogens is 1. The second-order valence-electron chi connectivity index (χ2n) is 6.47.